The first-order chi connectivity index (χ1) is 18.4. The maximum atomic E-state index is 12.7. The summed E-state index contributed by atoms with van der Waals surface area (Å²) in [7, 11) is 3.56. The van der Waals surface area contributed by atoms with Gasteiger partial charge in [-0.25, -0.2) is 9.97 Å². The summed E-state index contributed by atoms with van der Waals surface area (Å²) < 4.78 is 2.11. The summed E-state index contributed by atoms with van der Waals surface area (Å²) in [5, 5.41) is 4.04. The molecule has 3 aliphatic heterocycles. The molecule has 4 fully saturated rings. The molecule has 3 aromatic rings. The molecule has 3 aromatic heterocycles. The van der Waals surface area contributed by atoms with Crippen molar-refractivity contribution in [3.8, 4) is 0 Å². The van der Waals surface area contributed by atoms with Crippen LogP contribution in [0.3, 0.4) is 0 Å². The Kier molecular flexibility index (Phi) is 6.42. The fourth-order valence-corrected chi connectivity index (χ4v) is 6.99. The number of carbonyl (C=O) groups excluding carboxylic acids is 2. The van der Waals surface area contributed by atoms with Gasteiger partial charge in [0, 0.05) is 50.0 Å². The van der Waals surface area contributed by atoms with E-state index in [-0.39, 0.29) is 11.4 Å². The van der Waals surface area contributed by atoms with Crippen LogP contribution in [-0.2, 0) is 4.79 Å². The van der Waals surface area contributed by atoms with Gasteiger partial charge < -0.3 is 19.6 Å². The SMILES string of the molecule is Cc1ccc(Nc2ncc3cc(C(=O)N(C)C)n(C4CCCC4)c3n2)nc1.O=CC12C[C@H]3CCC[C@@H](C1)N32. The molecule has 0 spiro atoms. The Labute approximate surface area is 223 Å². The lowest BCUT2D eigenvalue weighted by molar-refractivity contribution is -0.206. The molecular formula is C29H37N7O2. The first-order valence-electron chi connectivity index (χ1n) is 13.9. The van der Waals surface area contributed by atoms with Gasteiger partial charge in [0.2, 0.25) is 5.95 Å². The molecule has 0 bridgehead atoms. The monoisotopic (exact) mass is 515 g/mol. The lowest BCUT2D eigenvalue weighted by Gasteiger charge is -2.70. The lowest BCUT2D eigenvalue weighted by Crippen LogP contribution is -2.80. The van der Waals surface area contributed by atoms with E-state index < -0.39 is 0 Å². The van der Waals surface area contributed by atoms with Crippen LogP contribution in [0.15, 0.2) is 30.6 Å². The number of nitrogens with one attached hydrogen (secondary N) is 1. The lowest BCUT2D eigenvalue weighted by atomic mass is 9.61. The summed E-state index contributed by atoms with van der Waals surface area (Å²) in [5.41, 5.74) is 2.63. The highest BCUT2D eigenvalue weighted by molar-refractivity contribution is 5.97. The van der Waals surface area contributed by atoms with Crippen LogP contribution in [0.1, 0.15) is 79.9 Å². The molecule has 200 valence electrons. The molecule has 3 saturated heterocycles. The number of hydrogen-bond acceptors (Lipinski definition) is 7. The minimum absolute atomic E-state index is 0.00499. The van der Waals surface area contributed by atoms with Crippen LogP contribution < -0.4 is 5.32 Å². The molecule has 0 aromatic carbocycles. The highest BCUT2D eigenvalue weighted by Crippen LogP contribution is 2.55. The van der Waals surface area contributed by atoms with E-state index in [1.807, 2.05) is 25.1 Å². The average Bonchev–Trinajstić information content (AvgIpc) is 3.54. The van der Waals surface area contributed by atoms with Gasteiger partial charge in [0.05, 0.1) is 5.54 Å². The van der Waals surface area contributed by atoms with Crippen molar-refractivity contribution in [1.82, 2.24) is 29.3 Å². The number of rotatable bonds is 5. The van der Waals surface area contributed by atoms with Crippen LogP contribution in [0.25, 0.3) is 11.0 Å². The number of hydrogen-bond donors (Lipinski definition) is 1. The summed E-state index contributed by atoms with van der Waals surface area (Å²) in [5.74, 6) is 1.18. The molecule has 1 amide bonds. The van der Waals surface area contributed by atoms with Gasteiger partial charge in [0.15, 0.2) is 0 Å². The van der Waals surface area contributed by atoms with E-state index in [0.29, 0.717) is 23.5 Å². The van der Waals surface area contributed by atoms with E-state index in [1.165, 1.54) is 38.4 Å². The molecule has 1 N–H and O–H groups in total. The van der Waals surface area contributed by atoms with Gasteiger partial charge in [-0.2, -0.15) is 4.98 Å². The molecule has 9 heteroatoms. The van der Waals surface area contributed by atoms with Gasteiger partial charge in [-0.05, 0) is 63.1 Å². The third-order valence-electron chi connectivity index (χ3n) is 8.82. The number of piperidine rings is 2. The number of nitrogens with zero attached hydrogens (tertiary/aromatic N) is 6. The Balaban J connectivity index is 0.000000197. The predicted octanol–water partition coefficient (Wildman–Crippen LogP) is 4.65. The largest absolute Gasteiger partial charge is 0.343 e. The summed E-state index contributed by atoms with van der Waals surface area (Å²) in [6.07, 6.45) is 15.7. The van der Waals surface area contributed by atoms with Gasteiger partial charge in [0.25, 0.3) is 5.91 Å². The fraction of sp³-hybridized carbons (Fsp3) is 0.552. The zero-order chi connectivity index (χ0) is 26.4. The molecule has 3 atom stereocenters. The van der Waals surface area contributed by atoms with Crippen LogP contribution in [-0.4, -0.2) is 73.2 Å². The number of aldehydes is 1. The number of aromatic nitrogens is 4. The first kappa shape index (κ1) is 25.0. The minimum atomic E-state index is -0.00499. The molecule has 9 nitrogen and oxygen atoms in total. The highest BCUT2D eigenvalue weighted by Gasteiger charge is 2.63. The standard InChI is InChI=1S/C20H24N6O.C9H13NO/c1-13-8-9-17(21-11-13)23-20-22-12-14-10-16(19(27)25(2)3)26(18(14)24-20)15-6-4-5-7-15;11-6-9-4-7-2-1-3-8(5-9)10(7)9/h8-12,15H,4-7H2,1-3H3,(H,21,22,23,24);6-8H,1-5H2/t;7-,8+,9?. The van der Waals surface area contributed by atoms with Crippen LogP contribution in [0.4, 0.5) is 11.8 Å². The predicted molar refractivity (Wildman–Crippen MR) is 147 cm³/mol. The van der Waals surface area contributed by atoms with Crippen molar-refractivity contribution in [3.63, 3.8) is 0 Å². The smallest absolute Gasteiger partial charge is 0.270 e. The highest BCUT2D eigenvalue weighted by atomic mass is 16.2. The van der Waals surface area contributed by atoms with E-state index in [0.717, 1.165) is 54.4 Å². The molecule has 1 saturated carbocycles. The molecule has 7 rings (SSSR count). The number of amides is 1. The summed E-state index contributed by atoms with van der Waals surface area (Å²) in [4.78, 5) is 41.1. The normalized spacial score (nSPS) is 26.0. The zero-order valence-electron chi connectivity index (χ0n) is 22.6. The second kappa shape index (κ2) is 9.76. The number of aryl methyl sites for hydroxylation is 1. The number of carbonyl (C=O) groups is 2. The van der Waals surface area contributed by atoms with Crippen molar-refractivity contribution in [1.29, 1.82) is 0 Å². The first-order valence-corrected chi connectivity index (χ1v) is 13.9. The van der Waals surface area contributed by atoms with Crippen molar-refractivity contribution in [2.75, 3.05) is 19.4 Å². The zero-order valence-corrected chi connectivity index (χ0v) is 22.6. The third kappa shape index (κ3) is 4.26. The maximum Gasteiger partial charge on any atom is 0.270 e. The Morgan fingerprint density at radius 3 is 2.37 bits per heavy atom. The van der Waals surface area contributed by atoms with Gasteiger partial charge >= 0.3 is 0 Å². The summed E-state index contributed by atoms with van der Waals surface area (Å²) in [6, 6.07) is 7.68. The van der Waals surface area contributed by atoms with Crippen molar-refractivity contribution in [2.45, 2.75) is 88.4 Å². The second-order valence-corrected chi connectivity index (χ2v) is 11.6. The summed E-state index contributed by atoms with van der Waals surface area (Å²) >= 11 is 0. The molecule has 4 aliphatic rings. The quantitative estimate of drug-likeness (QED) is 0.494. The van der Waals surface area contributed by atoms with Crippen LogP contribution in [0, 0.1) is 6.92 Å². The third-order valence-corrected chi connectivity index (χ3v) is 8.82. The number of pyridine rings is 1. The van der Waals surface area contributed by atoms with Crippen LogP contribution in [0.2, 0.25) is 0 Å². The van der Waals surface area contributed by atoms with Crippen molar-refractivity contribution in [2.24, 2.45) is 0 Å². The molecule has 0 radical (unpaired) electrons. The van der Waals surface area contributed by atoms with Gasteiger partial charge in [-0.1, -0.05) is 25.3 Å². The molecule has 6 heterocycles. The maximum absolute atomic E-state index is 12.7. The molecule has 1 unspecified atom stereocenters. The van der Waals surface area contributed by atoms with Crippen LogP contribution >= 0.6 is 0 Å². The minimum Gasteiger partial charge on any atom is -0.343 e. The van der Waals surface area contributed by atoms with E-state index in [4.69, 9.17) is 4.98 Å². The van der Waals surface area contributed by atoms with Crippen molar-refractivity contribution >= 4 is 35.0 Å². The van der Waals surface area contributed by atoms with E-state index in [2.05, 4.69) is 24.8 Å². The number of anilines is 2. The Morgan fingerprint density at radius 2 is 1.74 bits per heavy atom. The second-order valence-electron chi connectivity index (χ2n) is 11.6. The topological polar surface area (TPSA) is 96.2 Å². The van der Waals surface area contributed by atoms with Gasteiger partial charge in [-0.3, -0.25) is 9.69 Å². The Morgan fingerprint density at radius 1 is 1.03 bits per heavy atom. The summed E-state index contributed by atoms with van der Waals surface area (Å²) in [6.45, 7) is 2.00. The Bertz CT molecular complexity index is 1330. The Hall–Kier alpha value is -3.33. The van der Waals surface area contributed by atoms with Crippen molar-refractivity contribution < 1.29 is 9.59 Å². The molecule has 1 aliphatic carbocycles. The van der Waals surface area contributed by atoms with Gasteiger partial charge in [-0.15, -0.1) is 0 Å². The van der Waals surface area contributed by atoms with Gasteiger partial charge in [0.1, 0.15) is 23.4 Å². The van der Waals surface area contributed by atoms with Crippen molar-refractivity contribution in [3.05, 3.63) is 41.9 Å². The van der Waals surface area contributed by atoms with Crippen LogP contribution in [0.5, 0.6) is 0 Å². The number of fused-ring (bicyclic) bond motifs is 1. The molecular weight excluding hydrogens is 478 g/mol. The fourth-order valence-electron chi connectivity index (χ4n) is 6.99. The average molecular weight is 516 g/mol. The van der Waals surface area contributed by atoms with E-state index in [1.54, 1.807) is 31.4 Å². The van der Waals surface area contributed by atoms with E-state index >= 15 is 0 Å². The molecule has 38 heavy (non-hydrogen) atoms. The van der Waals surface area contributed by atoms with E-state index in [9.17, 15) is 9.59 Å².